The maximum atomic E-state index is 12.0. The number of anilines is 1. The molecule has 0 aromatic heterocycles. The number of amides is 2. The Morgan fingerprint density at radius 3 is 2.45 bits per heavy atom. The molecule has 1 N–H and O–H groups in total. The van der Waals surface area contributed by atoms with E-state index in [0.29, 0.717) is 23.8 Å². The van der Waals surface area contributed by atoms with Crippen LogP contribution >= 0.6 is 11.6 Å². The van der Waals surface area contributed by atoms with Gasteiger partial charge in [-0.25, -0.2) is 0 Å². The molecule has 108 valence electrons. The third-order valence-corrected chi connectivity index (χ3v) is 3.82. The molecule has 20 heavy (non-hydrogen) atoms. The summed E-state index contributed by atoms with van der Waals surface area (Å²) in [5, 5.41) is 3.15. The number of nitrogens with one attached hydrogen (secondary N) is 1. The number of aryl methyl sites for hydroxylation is 1. The lowest BCUT2D eigenvalue weighted by Gasteiger charge is -2.31. The van der Waals surface area contributed by atoms with E-state index in [2.05, 4.69) is 10.2 Å². The number of likely N-dealkylation sites (N-methyl/N-ethyl adjacent to an activating group) is 1. The molecular weight excluding hydrogens is 278 g/mol. The average molecular weight is 296 g/mol. The minimum absolute atomic E-state index is 0.491. The summed E-state index contributed by atoms with van der Waals surface area (Å²) in [6, 6.07) is 5.18. The summed E-state index contributed by atoms with van der Waals surface area (Å²) < 4.78 is 0. The molecule has 0 unspecified atom stereocenters. The lowest BCUT2D eigenvalue weighted by Crippen LogP contribution is -2.50. The molecule has 1 saturated heterocycles. The minimum Gasteiger partial charge on any atom is -0.332 e. The Kier molecular flexibility index (Phi) is 4.62. The van der Waals surface area contributed by atoms with Crippen molar-refractivity contribution in [2.75, 3.05) is 38.5 Å². The Morgan fingerprint density at radius 1 is 1.20 bits per heavy atom. The summed E-state index contributed by atoms with van der Waals surface area (Å²) in [5.74, 6) is -1.11. The van der Waals surface area contributed by atoms with Gasteiger partial charge >= 0.3 is 11.8 Å². The summed E-state index contributed by atoms with van der Waals surface area (Å²) in [6.45, 7) is 4.61. The van der Waals surface area contributed by atoms with E-state index in [9.17, 15) is 9.59 Å². The molecule has 1 aromatic rings. The summed E-state index contributed by atoms with van der Waals surface area (Å²) in [6.07, 6.45) is 0. The Morgan fingerprint density at radius 2 is 1.85 bits per heavy atom. The second-order valence-electron chi connectivity index (χ2n) is 5.01. The van der Waals surface area contributed by atoms with Crippen LogP contribution in [0.1, 0.15) is 5.56 Å². The first-order valence-corrected chi connectivity index (χ1v) is 6.90. The van der Waals surface area contributed by atoms with Crippen molar-refractivity contribution < 1.29 is 9.59 Å². The number of benzene rings is 1. The molecular formula is C14H18ClN3O2. The summed E-state index contributed by atoms with van der Waals surface area (Å²) in [5.41, 5.74) is 1.46. The fourth-order valence-electron chi connectivity index (χ4n) is 2.01. The summed E-state index contributed by atoms with van der Waals surface area (Å²) >= 11 is 5.99. The number of halogens is 1. The van der Waals surface area contributed by atoms with Crippen LogP contribution in [0.3, 0.4) is 0 Å². The summed E-state index contributed by atoms with van der Waals surface area (Å²) in [7, 11) is 2.00. The minimum atomic E-state index is -0.616. The van der Waals surface area contributed by atoms with Crippen molar-refractivity contribution in [1.82, 2.24) is 9.80 Å². The number of carbonyl (C=O) groups excluding carboxylic acids is 2. The van der Waals surface area contributed by atoms with Crippen LogP contribution in [0.4, 0.5) is 5.69 Å². The number of rotatable bonds is 1. The predicted octanol–water partition coefficient (Wildman–Crippen LogP) is 1.36. The van der Waals surface area contributed by atoms with Crippen LogP contribution in [-0.4, -0.2) is 54.8 Å². The first kappa shape index (κ1) is 14.8. The van der Waals surface area contributed by atoms with Gasteiger partial charge in [0.25, 0.3) is 0 Å². The van der Waals surface area contributed by atoms with Gasteiger partial charge in [-0.3, -0.25) is 9.59 Å². The SMILES string of the molecule is Cc1ccc(NC(=O)C(=O)N2CCN(C)CC2)cc1Cl. The second-order valence-corrected chi connectivity index (χ2v) is 5.42. The van der Waals surface area contributed by atoms with Crippen LogP contribution in [0.2, 0.25) is 5.02 Å². The molecule has 2 rings (SSSR count). The third-order valence-electron chi connectivity index (χ3n) is 3.41. The zero-order valence-electron chi connectivity index (χ0n) is 11.6. The van der Waals surface area contributed by atoms with Gasteiger partial charge < -0.3 is 15.1 Å². The molecule has 0 aliphatic carbocycles. The molecule has 1 heterocycles. The lowest BCUT2D eigenvalue weighted by atomic mass is 10.2. The van der Waals surface area contributed by atoms with Gasteiger partial charge in [-0.1, -0.05) is 17.7 Å². The van der Waals surface area contributed by atoms with Gasteiger partial charge in [0, 0.05) is 36.9 Å². The van der Waals surface area contributed by atoms with Crippen molar-refractivity contribution in [3.05, 3.63) is 28.8 Å². The van der Waals surface area contributed by atoms with E-state index >= 15 is 0 Å². The summed E-state index contributed by atoms with van der Waals surface area (Å²) in [4.78, 5) is 27.7. The molecule has 1 aliphatic heterocycles. The number of hydrogen-bond acceptors (Lipinski definition) is 3. The monoisotopic (exact) mass is 295 g/mol. The zero-order chi connectivity index (χ0) is 14.7. The molecule has 5 nitrogen and oxygen atoms in total. The van der Waals surface area contributed by atoms with E-state index in [4.69, 9.17) is 11.6 Å². The van der Waals surface area contributed by atoms with Crippen LogP contribution in [0.15, 0.2) is 18.2 Å². The average Bonchev–Trinajstić information content (AvgIpc) is 2.43. The topological polar surface area (TPSA) is 52.7 Å². The fourth-order valence-corrected chi connectivity index (χ4v) is 2.19. The highest BCUT2D eigenvalue weighted by atomic mass is 35.5. The molecule has 1 aromatic carbocycles. The fraction of sp³-hybridized carbons (Fsp3) is 0.429. The predicted molar refractivity (Wildman–Crippen MR) is 78.9 cm³/mol. The molecule has 0 bridgehead atoms. The molecule has 2 amide bonds. The molecule has 0 atom stereocenters. The van der Waals surface area contributed by atoms with Gasteiger partial charge in [-0.05, 0) is 31.7 Å². The van der Waals surface area contributed by atoms with Crippen LogP contribution in [0.25, 0.3) is 0 Å². The van der Waals surface area contributed by atoms with E-state index in [-0.39, 0.29) is 0 Å². The van der Waals surface area contributed by atoms with Gasteiger partial charge in [0.2, 0.25) is 0 Å². The van der Waals surface area contributed by atoms with E-state index in [1.807, 2.05) is 14.0 Å². The second kappa shape index (κ2) is 6.24. The molecule has 1 fully saturated rings. The molecule has 0 spiro atoms. The lowest BCUT2D eigenvalue weighted by molar-refractivity contribution is -0.144. The van der Waals surface area contributed by atoms with E-state index in [1.54, 1.807) is 23.1 Å². The Bertz CT molecular complexity index is 525. The number of nitrogens with zero attached hydrogens (tertiary/aromatic N) is 2. The van der Waals surface area contributed by atoms with Crippen LogP contribution < -0.4 is 5.32 Å². The quantitative estimate of drug-likeness (QED) is 0.796. The normalized spacial score (nSPS) is 16.1. The van der Waals surface area contributed by atoms with Crippen molar-refractivity contribution in [2.45, 2.75) is 6.92 Å². The van der Waals surface area contributed by atoms with Crippen LogP contribution in [-0.2, 0) is 9.59 Å². The van der Waals surface area contributed by atoms with Crippen molar-refractivity contribution in [3.63, 3.8) is 0 Å². The number of carbonyl (C=O) groups is 2. The highest BCUT2D eigenvalue weighted by Crippen LogP contribution is 2.20. The van der Waals surface area contributed by atoms with Crippen molar-refractivity contribution >= 4 is 29.1 Å². The number of piperazine rings is 1. The largest absolute Gasteiger partial charge is 0.332 e. The number of hydrogen-bond donors (Lipinski definition) is 1. The van der Waals surface area contributed by atoms with Crippen molar-refractivity contribution in [1.29, 1.82) is 0 Å². The highest BCUT2D eigenvalue weighted by molar-refractivity contribution is 6.39. The Labute approximate surface area is 123 Å². The maximum absolute atomic E-state index is 12.0. The van der Waals surface area contributed by atoms with Crippen molar-refractivity contribution in [2.24, 2.45) is 0 Å². The first-order valence-electron chi connectivity index (χ1n) is 6.52. The first-order chi connectivity index (χ1) is 9.47. The van der Waals surface area contributed by atoms with E-state index < -0.39 is 11.8 Å². The van der Waals surface area contributed by atoms with E-state index in [1.165, 1.54) is 0 Å². The highest BCUT2D eigenvalue weighted by Gasteiger charge is 2.24. The molecule has 1 aliphatic rings. The van der Waals surface area contributed by atoms with E-state index in [0.717, 1.165) is 18.7 Å². The Balaban J connectivity index is 1.97. The van der Waals surface area contributed by atoms with Gasteiger partial charge in [0.15, 0.2) is 0 Å². The van der Waals surface area contributed by atoms with Gasteiger partial charge in [0.05, 0.1) is 0 Å². The van der Waals surface area contributed by atoms with Gasteiger partial charge in [-0.15, -0.1) is 0 Å². The maximum Gasteiger partial charge on any atom is 0.313 e. The van der Waals surface area contributed by atoms with Gasteiger partial charge in [-0.2, -0.15) is 0 Å². The van der Waals surface area contributed by atoms with Crippen LogP contribution in [0.5, 0.6) is 0 Å². The Hall–Kier alpha value is -1.59. The molecule has 0 radical (unpaired) electrons. The van der Waals surface area contributed by atoms with Crippen LogP contribution in [0, 0.1) is 6.92 Å². The smallest absolute Gasteiger partial charge is 0.313 e. The van der Waals surface area contributed by atoms with Gasteiger partial charge in [0.1, 0.15) is 0 Å². The zero-order valence-corrected chi connectivity index (χ0v) is 12.4. The third kappa shape index (κ3) is 3.49. The standard InChI is InChI=1S/C14H18ClN3O2/c1-10-3-4-11(9-12(10)15)16-13(19)14(20)18-7-5-17(2)6-8-18/h3-4,9H,5-8H2,1-2H3,(H,16,19). The molecule has 0 saturated carbocycles. The van der Waals surface area contributed by atoms with Crippen molar-refractivity contribution in [3.8, 4) is 0 Å². The molecule has 6 heteroatoms.